The number of nitrogens with one attached hydrogen (secondary N) is 1. The van der Waals surface area contributed by atoms with E-state index in [1.165, 1.54) is 23.5 Å². The number of carbonyl (C=O) groups excluding carboxylic acids is 1. The van der Waals surface area contributed by atoms with Crippen LogP contribution in [-0.2, 0) is 4.79 Å². The molecule has 1 amide bonds. The van der Waals surface area contributed by atoms with Crippen LogP contribution in [0, 0.1) is 10.1 Å². The van der Waals surface area contributed by atoms with Crippen LogP contribution in [0.15, 0.2) is 35.7 Å². The van der Waals surface area contributed by atoms with Crippen molar-refractivity contribution < 1.29 is 14.8 Å². The molecule has 0 saturated carbocycles. The van der Waals surface area contributed by atoms with Crippen LogP contribution in [0.2, 0.25) is 0 Å². The molecule has 20 heavy (non-hydrogen) atoms. The zero-order valence-electron chi connectivity index (χ0n) is 10.1. The number of aromatic hydroxyl groups is 1. The molecule has 1 aromatic heterocycles. The van der Waals surface area contributed by atoms with Crippen molar-refractivity contribution in [3.05, 3.63) is 50.7 Å². The van der Waals surface area contributed by atoms with Crippen LogP contribution < -0.4 is 11.1 Å². The number of rotatable bonds is 4. The van der Waals surface area contributed by atoms with Crippen molar-refractivity contribution in [2.75, 3.05) is 5.32 Å². The minimum Gasteiger partial charge on any atom is -0.508 e. The Morgan fingerprint density at radius 1 is 1.45 bits per heavy atom. The maximum atomic E-state index is 12.0. The molecule has 1 heterocycles. The highest BCUT2D eigenvalue weighted by atomic mass is 32.1. The fourth-order valence-corrected chi connectivity index (χ4v) is 2.31. The Hall–Kier alpha value is -2.45. The molecule has 7 nitrogen and oxygen atoms in total. The predicted molar refractivity (Wildman–Crippen MR) is 74.6 cm³/mol. The van der Waals surface area contributed by atoms with Crippen LogP contribution in [0.5, 0.6) is 5.75 Å². The van der Waals surface area contributed by atoms with E-state index in [9.17, 15) is 20.0 Å². The highest BCUT2D eigenvalue weighted by molar-refractivity contribution is 7.10. The molecule has 2 aromatic rings. The monoisotopic (exact) mass is 293 g/mol. The van der Waals surface area contributed by atoms with Crippen molar-refractivity contribution in [3.8, 4) is 5.75 Å². The zero-order chi connectivity index (χ0) is 14.7. The van der Waals surface area contributed by atoms with Crippen molar-refractivity contribution in [3.63, 3.8) is 0 Å². The molecule has 0 spiro atoms. The van der Waals surface area contributed by atoms with Gasteiger partial charge >= 0.3 is 0 Å². The molecule has 1 atom stereocenters. The fraction of sp³-hybridized carbons (Fsp3) is 0.0833. The molecule has 8 heteroatoms. The Kier molecular flexibility index (Phi) is 3.97. The summed E-state index contributed by atoms with van der Waals surface area (Å²) in [5, 5.41) is 24.3. The second-order valence-electron chi connectivity index (χ2n) is 3.94. The van der Waals surface area contributed by atoms with Crippen LogP contribution >= 0.6 is 11.3 Å². The molecule has 0 radical (unpaired) electrons. The first-order valence-electron chi connectivity index (χ1n) is 5.56. The number of carbonyl (C=O) groups is 1. The number of nitro benzene ring substituents is 1. The van der Waals surface area contributed by atoms with Gasteiger partial charge in [0.1, 0.15) is 17.5 Å². The van der Waals surface area contributed by atoms with Crippen LogP contribution in [0.4, 0.5) is 11.4 Å². The van der Waals surface area contributed by atoms with E-state index in [1.807, 2.05) is 0 Å². The third-order valence-corrected chi connectivity index (χ3v) is 3.52. The summed E-state index contributed by atoms with van der Waals surface area (Å²) in [5.74, 6) is -0.807. The first-order chi connectivity index (χ1) is 9.49. The molecule has 0 aliphatic heterocycles. The summed E-state index contributed by atoms with van der Waals surface area (Å²) in [6.45, 7) is 0. The first-order valence-corrected chi connectivity index (χ1v) is 6.44. The topological polar surface area (TPSA) is 118 Å². The van der Waals surface area contributed by atoms with E-state index in [0.717, 1.165) is 6.07 Å². The van der Waals surface area contributed by atoms with E-state index >= 15 is 0 Å². The van der Waals surface area contributed by atoms with Crippen LogP contribution in [-0.4, -0.2) is 15.9 Å². The molecule has 104 valence electrons. The SMILES string of the molecule is NC(C(=O)Nc1ccc(O)cc1[N+](=O)[O-])c1cccs1. The van der Waals surface area contributed by atoms with Gasteiger partial charge in [-0.05, 0) is 23.6 Å². The largest absolute Gasteiger partial charge is 0.508 e. The fourth-order valence-electron chi connectivity index (χ4n) is 1.58. The Bertz CT molecular complexity index is 642. The third kappa shape index (κ3) is 2.92. The van der Waals surface area contributed by atoms with Gasteiger partial charge in [-0.25, -0.2) is 0 Å². The lowest BCUT2D eigenvalue weighted by Gasteiger charge is -2.11. The summed E-state index contributed by atoms with van der Waals surface area (Å²) >= 11 is 1.32. The van der Waals surface area contributed by atoms with E-state index in [4.69, 9.17) is 5.73 Å². The zero-order valence-corrected chi connectivity index (χ0v) is 11.0. The molecular weight excluding hydrogens is 282 g/mol. The molecular formula is C12H11N3O4S. The van der Waals surface area contributed by atoms with Gasteiger partial charge in [0, 0.05) is 4.88 Å². The quantitative estimate of drug-likeness (QED) is 0.452. The molecule has 1 unspecified atom stereocenters. The van der Waals surface area contributed by atoms with Gasteiger partial charge < -0.3 is 16.2 Å². The Labute approximate surface area is 117 Å². The highest BCUT2D eigenvalue weighted by Crippen LogP contribution is 2.29. The molecule has 1 aromatic carbocycles. The predicted octanol–water partition coefficient (Wildman–Crippen LogP) is 2.00. The van der Waals surface area contributed by atoms with Crippen molar-refractivity contribution in [1.82, 2.24) is 0 Å². The Morgan fingerprint density at radius 2 is 2.20 bits per heavy atom. The number of hydrogen-bond acceptors (Lipinski definition) is 6. The van der Waals surface area contributed by atoms with Crippen molar-refractivity contribution in [2.45, 2.75) is 6.04 Å². The van der Waals surface area contributed by atoms with Crippen LogP contribution in [0.3, 0.4) is 0 Å². The van der Waals surface area contributed by atoms with E-state index in [2.05, 4.69) is 5.32 Å². The molecule has 0 aliphatic rings. The van der Waals surface area contributed by atoms with Crippen LogP contribution in [0.25, 0.3) is 0 Å². The minimum atomic E-state index is -0.900. The number of amides is 1. The minimum absolute atomic E-state index is 0.00944. The normalized spacial score (nSPS) is 11.8. The smallest absolute Gasteiger partial charge is 0.296 e. The lowest BCUT2D eigenvalue weighted by molar-refractivity contribution is -0.384. The van der Waals surface area contributed by atoms with Gasteiger partial charge in [-0.1, -0.05) is 6.07 Å². The summed E-state index contributed by atoms with van der Waals surface area (Å²) in [5.41, 5.74) is 5.36. The average molecular weight is 293 g/mol. The van der Waals surface area contributed by atoms with Gasteiger partial charge in [0.2, 0.25) is 5.91 Å². The number of nitro groups is 1. The van der Waals surface area contributed by atoms with E-state index < -0.39 is 22.6 Å². The number of thiophene rings is 1. The number of phenols is 1. The second kappa shape index (κ2) is 5.68. The number of nitrogens with two attached hydrogens (primary N) is 1. The number of hydrogen-bond donors (Lipinski definition) is 3. The number of benzene rings is 1. The lowest BCUT2D eigenvalue weighted by atomic mass is 10.2. The number of nitrogens with zero attached hydrogens (tertiary/aromatic N) is 1. The van der Waals surface area contributed by atoms with Gasteiger partial charge in [-0.15, -0.1) is 11.3 Å². The van der Waals surface area contributed by atoms with Gasteiger partial charge in [-0.3, -0.25) is 14.9 Å². The summed E-state index contributed by atoms with van der Waals surface area (Å²) in [4.78, 5) is 22.8. The number of phenolic OH excluding ortho intramolecular Hbond substituents is 1. The standard InChI is InChI=1S/C12H11N3O4S/c13-11(10-2-1-5-20-10)12(17)14-8-4-3-7(16)6-9(8)15(18)19/h1-6,11,16H,13H2,(H,14,17). The highest BCUT2D eigenvalue weighted by Gasteiger charge is 2.21. The summed E-state index contributed by atoms with van der Waals surface area (Å²) < 4.78 is 0. The average Bonchev–Trinajstić information content (AvgIpc) is 2.93. The summed E-state index contributed by atoms with van der Waals surface area (Å²) in [6, 6.07) is 6.04. The van der Waals surface area contributed by atoms with Gasteiger partial charge in [0.15, 0.2) is 0 Å². The Morgan fingerprint density at radius 3 is 2.80 bits per heavy atom. The van der Waals surface area contributed by atoms with E-state index in [1.54, 1.807) is 17.5 Å². The maximum Gasteiger partial charge on any atom is 0.296 e. The number of anilines is 1. The molecule has 0 bridgehead atoms. The molecule has 4 N–H and O–H groups in total. The summed E-state index contributed by atoms with van der Waals surface area (Å²) in [7, 11) is 0. The van der Waals surface area contributed by atoms with Gasteiger partial charge in [-0.2, -0.15) is 0 Å². The van der Waals surface area contributed by atoms with Crippen molar-refractivity contribution in [1.29, 1.82) is 0 Å². The van der Waals surface area contributed by atoms with E-state index in [-0.39, 0.29) is 11.4 Å². The molecule has 2 rings (SSSR count). The van der Waals surface area contributed by atoms with Crippen molar-refractivity contribution >= 4 is 28.6 Å². The lowest BCUT2D eigenvalue weighted by Crippen LogP contribution is -2.27. The summed E-state index contributed by atoms with van der Waals surface area (Å²) in [6.07, 6.45) is 0. The molecule has 0 saturated heterocycles. The van der Waals surface area contributed by atoms with E-state index in [0.29, 0.717) is 4.88 Å². The maximum absolute atomic E-state index is 12.0. The first kappa shape index (κ1) is 14.0. The Balaban J connectivity index is 2.22. The van der Waals surface area contributed by atoms with Crippen molar-refractivity contribution in [2.24, 2.45) is 5.73 Å². The third-order valence-electron chi connectivity index (χ3n) is 2.57. The van der Waals surface area contributed by atoms with Gasteiger partial charge in [0.25, 0.3) is 5.69 Å². The van der Waals surface area contributed by atoms with Crippen LogP contribution in [0.1, 0.15) is 10.9 Å². The second-order valence-corrected chi connectivity index (χ2v) is 4.92. The van der Waals surface area contributed by atoms with Gasteiger partial charge in [0.05, 0.1) is 11.0 Å². The molecule has 0 aliphatic carbocycles. The molecule has 0 fully saturated rings.